The molecule has 2 heterocycles. The second-order valence-electron chi connectivity index (χ2n) is 6.38. The highest BCUT2D eigenvalue weighted by Crippen LogP contribution is 2.54. The number of fused-ring (bicyclic) bond motifs is 1. The average molecular weight is 343 g/mol. The third-order valence-corrected chi connectivity index (χ3v) is 5.83. The van der Waals surface area contributed by atoms with Crippen molar-refractivity contribution in [3.8, 4) is 11.8 Å². The number of benzene rings is 1. The van der Waals surface area contributed by atoms with E-state index in [0.717, 1.165) is 5.56 Å². The Bertz CT molecular complexity index is 863. The Balaban J connectivity index is 2.11. The Kier molecular flexibility index (Phi) is 3.90. The van der Waals surface area contributed by atoms with Crippen molar-refractivity contribution >= 4 is 11.8 Å². The van der Waals surface area contributed by atoms with Crippen LogP contribution in [0, 0.1) is 11.3 Å². The number of hydrogen-bond donors (Lipinski definition) is 2. The highest BCUT2D eigenvalue weighted by Gasteiger charge is 2.53. The molecule has 7 heteroatoms. The van der Waals surface area contributed by atoms with Gasteiger partial charge in [-0.1, -0.05) is 11.8 Å². The van der Waals surface area contributed by atoms with Crippen LogP contribution >= 0.6 is 11.8 Å². The molecule has 124 valence electrons. The molecule has 2 N–H and O–H groups in total. The zero-order chi connectivity index (χ0) is 17.5. The standard InChI is InChI=1S/C17H17N3O3S/c1-16(2)17(3,22)15(24-14-7-6-13(21)19-20-14)11-8-10(9-18)4-5-12(11)23-16/h4-8,15,22H,1-3H3,(H,19,21). The maximum absolute atomic E-state index is 11.2. The van der Waals surface area contributed by atoms with Gasteiger partial charge in [0.15, 0.2) is 0 Å². The number of hydrogen-bond acceptors (Lipinski definition) is 6. The molecule has 6 nitrogen and oxygen atoms in total. The zero-order valence-corrected chi connectivity index (χ0v) is 14.3. The molecule has 0 aliphatic carbocycles. The molecule has 1 aromatic heterocycles. The first-order valence-electron chi connectivity index (χ1n) is 7.42. The van der Waals surface area contributed by atoms with Crippen LogP contribution in [-0.4, -0.2) is 26.5 Å². The first kappa shape index (κ1) is 16.6. The van der Waals surface area contributed by atoms with Gasteiger partial charge in [-0.15, -0.1) is 0 Å². The Morgan fingerprint density at radius 1 is 1.33 bits per heavy atom. The smallest absolute Gasteiger partial charge is 0.264 e. The number of aliphatic hydroxyl groups is 1. The third kappa shape index (κ3) is 2.68. The Hall–Kier alpha value is -2.30. The van der Waals surface area contributed by atoms with Crippen LogP contribution < -0.4 is 10.3 Å². The van der Waals surface area contributed by atoms with E-state index < -0.39 is 16.5 Å². The molecular weight excluding hydrogens is 326 g/mol. The predicted molar refractivity (Wildman–Crippen MR) is 89.9 cm³/mol. The van der Waals surface area contributed by atoms with Gasteiger partial charge in [0.05, 0.1) is 16.9 Å². The number of H-pyrrole nitrogens is 1. The quantitative estimate of drug-likeness (QED) is 0.869. The molecule has 2 atom stereocenters. The van der Waals surface area contributed by atoms with E-state index in [1.165, 1.54) is 17.8 Å². The lowest BCUT2D eigenvalue weighted by Gasteiger charge is -2.49. The fourth-order valence-corrected chi connectivity index (χ4v) is 3.92. The van der Waals surface area contributed by atoms with Gasteiger partial charge in [0, 0.05) is 11.6 Å². The first-order valence-corrected chi connectivity index (χ1v) is 8.30. The zero-order valence-electron chi connectivity index (χ0n) is 13.5. The number of thioether (sulfide) groups is 1. The molecule has 1 aliphatic heterocycles. The Labute approximate surface area is 143 Å². The fourth-order valence-electron chi connectivity index (χ4n) is 2.61. The average Bonchev–Trinajstić information content (AvgIpc) is 2.53. The van der Waals surface area contributed by atoms with Crippen LogP contribution in [-0.2, 0) is 0 Å². The van der Waals surface area contributed by atoms with Crippen molar-refractivity contribution in [2.24, 2.45) is 0 Å². The van der Waals surface area contributed by atoms with Gasteiger partial charge >= 0.3 is 0 Å². The highest BCUT2D eigenvalue weighted by atomic mass is 32.2. The lowest BCUT2D eigenvalue weighted by atomic mass is 9.79. The first-order chi connectivity index (χ1) is 11.2. The molecule has 0 spiro atoms. The third-order valence-electron chi connectivity index (χ3n) is 4.41. The molecule has 0 saturated carbocycles. The van der Waals surface area contributed by atoms with Gasteiger partial charge in [0.1, 0.15) is 22.0 Å². The normalized spacial score (nSPS) is 24.5. The van der Waals surface area contributed by atoms with Crippen LogP contribution in [0.5, 0.6) is 5.75 Å². The Morgan fingerprint density at radius 2 is 2.08 bits per heavy atom. The molecule has 0 fully saturated rings. The molecule has 0 bridgehead atoms. The number of nitrogens with one attached hydrogen (secondary N) is 1. The van der Waals surface area contributed by atoms with E-state index in [1.807, 2.05) is 13.8 Å². The largest absolute Gasteiger partial charge is 0.484 e. The molecule has 0 amide bonds. The number of nitrogens with zero attached hydrogens (tertiary/aromatic N) is 2. The topological polar surface area (TPSA) is 99.0 Å². The van der Waals surface area contributed by atoms with Gasteiger partial charge in [0.2, 0.25) is 0 Å². The number of nitriles is 1. The minimum absolute atomic E-state index is 0.286. The summed E-state index contributed by atoms with van der Waals surface area (Å²) in [5, 5.41) is 26.9. The van der Waals surface area contributed by atoms with Crippen LogP contribution in [0.1, 0.15) is 37.1 Å². The van der Waals surface area contributed by atoms with E-state index in [2.05, 4.69) is 16.3 Å². The van der Waals surface area contributed by atoms with Gasteiger partial charge in [-0.3, -0.25) is 4.79 Å². The molecule has 1 aromatic carbocycles. The molecular formula is C17H17N3O3S. The monoisotopic (exact) mass is 343 g/mol. The van der Waals surface area contributed by atoms with Crippen LogP contribution in [0.2, 0.25) is 0 Å². The maximum atomic E-state index is 11.2. The minimum atomic E-state index is -1.23. The second kappa shape index (κ2) is 5.65. The van der Waals surface area contributed by atoms with E-state index in [1.54, 1.807) is 31.2 Å². The summed E-state index contributed by atoms with van der Waals surface area (Å²) in [6.45, 7) is 5.35. The van der Waals surface area contributed by atoms with E-state index in [9.17, 15) is 9.90 Å². The number of ether oxygens (including phenoxy) is 1. The van der Waals surface area contributed by atoms with Crippen molar-refractivity contribution in [1.82, 2.24) is 10.2 Å². The summed E-state index contributed by atoms with van der Waals surface area (Å²) in [5.41, 5.74) is -1.13. The summed E-state index contributed by atoms with van der Waals surface area (Å²) in [5.74, 6) is 0.632. The van der Waals surface area contributed by atoms with E-state index in [4.69, 9.17) is 10.00 Å². The van der Waals surface area contributed by atoms with Crippen molar-refractivity contribution in [2.75, 3.05) is 0 Å². The Morgan fingerprint density at radius 3 is 2.71 bits per heavy atom. The number of rotatable bonds is 2. The minimum Gasteiger partial charge on any atom is -0.484 e. The van der Waals surface area contributed by atoms with Crippen molar-refractivity contribution in [3.63, 3.8) is 0 Å². The van der Waals surface area contributed by atoms with Crippen molar-refractivity contribution in [2.45, 2.75) is 42.2 Å². The van der Waals surface area contributed by atoms with Crippen molar-refractivity contribution < 1.29 is 9.84 Å². The summed E-state index contributed by atoms with van der Waals surface area (Å²) in [7, 11) is 0. The van der Waals surface area contributed by atoms with Gasteiger partial charge < -0.3 is 9.84 Å². The SMILES string of the molecule is CC1(C)Oc2ccc(C#N)cc2C(Sc2ccc(=O)[nH]n2)C1(C)O. The summed E-state index contributed by atoms with van der Waals surface area (Å²) in [6, 6.07) is 10.3. The fraction of sp³-hybridized carbons (Fsp3) is 0.353. The van der Waals surface area contributed by atoms with Crippen LogP contribution in [0.4, 0.5) is 0 Å². The van der Waals surface area contributed by atoms with E-state index in [-0.39, 0.29) is 5.56 Å². The van der Waals surface area contributed by atoms with Crippen LogP contribution in [0.25, 0.3) is 0 Å². The summed E-state index contributed by atoms with van der Waals surface area (Å²) >= 11 is 1.32. The predicted octanol–water partition coefficient (Wildman–Crippen LogP) is 2.40. The maximum Gasteiger partial charge on any atom is 0.264 e. The molecule has 2 unspecified atom stereocenters. The van der Waals surface area contributed by atoms with Crippen LogP contribution in [0.15, 0.2) is 40.2 Å². The lowest BCUT2D eigenvalue weighted by molar-refractivity contribution is -0.117. The molecule has 1 aliphatic rings. The highest BCUT2D eigenvalue weighted by molar-refractivity contribution is 7.99. The lowest BCUT2D eigenvalue weighted by Crippen LogP contribution is -2.57. The summed E-state index contributed by atoms with van der Waals surface area (Å²) in [4.78, 5) is 11.2. The second-order valence-corrected chi connectivity index (χ2v) is 7.51. The molecule has 3 rings (SSSR count). The van der Waals surface area contributed by atoms with Crippen molar-refractivity contribution in [1.29, 1.82) is 5.26 Å². The number of aromatic nitrogens is 2. The molecule has 0 saturated heterocycles. The van der Waals surface area contributed by atoms with Crippen molar-refractivity contribution in [3.05, 3.63) is 51.8 Å². The molecule has 2 aromatic rings. The summed E-state index contributed by atoms with van der Waals surface area (Å²) in [6.07, 6.45) is 0. The molecule has 0 radical (unpaired) electrons. The van der Waals surface area contributed by atoms with Gasteiger partial charge in [-0.05, 0) is 45.0 Å². The summed E-state index contributed by atoms with van der Waals surface area (Å²) < 4.78 is 5.97. The van der Waals surface area contributed by atoms with Gasteiger partial charge in [-0.25, -0.2) is 5.10 Å². The van der Waals surface area contributed by atoms with Crippen LogP contribution in [0.3, 0.4) is 0 Å². The number of aromatic amines is 1. The van der Waals surface area contributed by atoms with Gasteiger partial charge in [-0.2, -0.15) is 10.4 Å². The van der Waals surface area contributed by atoms with Gasteiger partial charge in [0.25, 0.3) is 5.56 Å². The van der Waals surface area contributed by atoms with E-state index >= 15 is 0 Å². The molecule has 24 heavy (non-hydrogen) atoms. The van der Waals surface area contributed by atoms with E-state index in [0.29, 0.717) is 16.3 Å².